The maximum Gasteiger partial charge on any atom is 0.490 e. The molecule has 3 aromatic rings. The quantitative estimate of drug-likeness (QED) is 0.130. The van der Waals surface area contributed by atoms with E-state index in [9.17, 15) is 18.0 Å². The average molecular weight is 573 g/mol. The van der Waals surface area contributed by atoms with Gasteiger partial charge in [0.15, 0.2) is 12.4 Å². The summed E-state index contributed by atoms with van der Waals surface area (Å²) in [6.45, 7) is 0.923. The number of ether oxygens (including phenoxy) is 1. The topological polar surface area (TPSA) is 138 Å². The van der Waals surface area contributed by atoms with Crippen LogP contribution in [0.25, 0.3) is 21.8 Å². The van der Waals surface area contributed by atoms with Gasteiger partial charge in [-0.05, 0) is 43.8 Å². The molecule has 1 aromatic carbocycles. The monoisotopic (exact) mass is 572 g/mol. The number of nitrogens with one attached hydrogen (secondary N) is 2. The Labute approximate surface area is 222 Å². The highest BCUT2D eigenvalue weighted by Crippen LogP contribution is 2.40. The van der Waals surface area contributed by atoms with Gasteiger partial charge in [-0.25, -0.2) is 9.78 Å². The predicted molar refractivity (Wildman–Crippen MR) is 139 cm³/mol. The van der Waals surface area contributed by atoms with Gasteiger partial charge >= 0.3 is 12.1 Å². The fraction of sp³-hybridized carbons (Fsp3) is 0.304. The number of carbonyl (C=O) groups excluding carboxylic acids is 1. The van der Waals surface area contributed by atoms with E-state index in [0.717, 1.165) is 56.6 Å². The molecular formula is C23H23F3N4O4S3. The van der Waals surface area contributed by atoms with E-state index in [1.54, 1.807) is 23.1 Å². The summed E-state index contributed by atoms with van der Waals surface area (Å²) in [5.74, 6) is -2.02. The molecule has 0 amide bonds. The molecule has 5 N–H and O–H groups in total. The summed E-state index contributed by atoms with van der Waals surface area (Å²) in [4.78, 5) is 26.0. The second-order valence-electron chi connectivity index (χ2n) is 7.72. The first-order chi connectivity index (χ1) is 17.5. The number of nitrogen functional groups attached to an aromatic ring is 1. The van der Waals surface area contributed by atoms with Crippen molar-refractivity contribution < 1.29 is 32.6 Å². The number of nitrogens with zero attached hydrogens (tertiary/aromatic N) is 1. The van der Waals surface area contributed by atoms with Crippen molar-refractivity contribution in [1.82, 2.24) is 10.3 Å². The Morgan fingerprint density at radius 3 is 2.70 bits per heavy atom. The predicted octanol–water partition coefficient (Wildman–Crippen LogP) is 4.88. The second-order valence-corrected chi connectivity index (χ2v) is 10.7. The Morgan fingerprint density at radius 1 is 1.41 bits per heavy atom. The van der Waals surface area contributed by atoms with Gasteiger partial charge in [-0.2, -0.15) is 13.2 Å². The summed E-state index contributed by atoms with van der Waals surface area (Å²) in [6.07, 6.45) is -0.680. The van der Waals surface area contributed by atoms with Crippen molar-refractivity contribution in [1.29, 1.82) is 5.41 Å². The van der Waals surface area contributed by atoms with Crippen LogP contribution in [0.1, 0.15) is 17.7 Å². The van der Waals surface area contributed by atoms with Crippen LogP contribution in [0.3, 0.4) is 0 Å². The second kappa shape index (κ2) is 12.5. The van der Waals surface area contributed by atoms with Crippen LogP contribution in [-0.2, 0) is 9.59 Å². The number of benzene rings is 1. The molecule has 8 nitrogen and oxygen atoms in total. The molecule has 0 radical (unpaired) electrons. The summed E-state index contributed by atoms with van der Waals surface area (Å²) in [5.41, 5.74) is 8.46. The van der Waals surface area contributed by atoms with Gasteiger partial charge in [-0.15, -0.1) is 34.4 Å². The highest BCUT2D eigenvalue weighted by molar-refractivity contribution is 8.00. The molecule has 37 heavy (non-hydrogen) atoms. The molecule has 14 heteroatoms. The largest absolute Gasteiger partial charge is 0.490 e. The Balaban J connectivity index is 0.000000479. The maximum absolute atomic E-state index is 11.5. The van der Waals surface area contributed by atoms with Gasteiger partial charge in [-0.3, -0.25) is 10.2 Å². The van der Waals surface area contributed by atoms with Crippen molar-refractivity contribution in [3.8, 4) is 27.6 Å². The van der Waals surface area contributed by atoms with E-state index in [2.05, 4.69) is 5.32 Å². The minimum atomic E-state index is -5.08. The number of nitrogens with two attached hydrogens (primary N) is 1. The molecule has 1 aliphatic heterocycles. The lowest BCUT2D eigenvalue weighted by Gasteiger charge is -2.20. The third kappa shape index (κ3) is 7.53. The van der Waals surface area contributed by atoms with Gasteiger partial charge < -0.3 is 20.9 Å². The van der Waals surface area contributed by atoms with E-state index in [0.29, 0.717) is 5.75 Å². The third-order valence-corrected chi connectivity index (χ3v) is 8.34. The number of carbonyl (C=O) groups is 2. The number of halogens is 3. The van der Waals surface area contributed by atoms with Crippen molar-refractivity contribution in [3.63, 3.8) is 0 Å². The number of amidine groups is 1. The zero-order chi connectivity index (χ0) is 27.2. The number of alkyl halides is 3. The maximum atomic E-state index is 11.5. The zero-order valence-corrected chi connectivity index (χ0v) is 21.8. The highest BCUT2D eigenvalue weighted by atomic mass is 32.2. The molecule has 2 aromatic heterocycles. The molecule has 4 rings (SSSR count). The van der Waals surface area contributed by atoms with Gasteiger partial charge in [0.25, 0.3) is 0 Å². The Bertz CT molecular complexity index is 1260. The SMILES string of the molecule is CSc1sc(C(=N)N)cc1-c1nc(-c2cccc(OC(C=O)C3CCCN3)c2)cs1.O=C(O)C(F)(F)F. The lowest BCUT2D eigenvalue weighted by Crippen LogP contribution is -2.39. The van der Waals surface area contributed by atoms with Crippen molar-refractivity contribution in [2.75, 3.05) is 12.8 Å². The molecule has 0 aliphatic carbocycles. The summed E-state index contributed by atoms with van der Waals surface area (Å²) >= 11 is 4.70. The van der Waals surface area contributed by atoms with Gasteiger partial charge in [0, 0.05) is 16.5 Å². The number of thiophene rings is 1. The smallest absolute Gasteiger partial charge is 0.481 e. The van der Waals surface area contributed by atoms with Crippen LogP contribution >= 0.6 is 34.4 Å². The first-order valence-corrected chi connectivity index (χ1v) is 13.7. The van der Waals surface area contributed by atoms with E-state index in [1.165, 1.54) is 11.3 Å². The molecule has 0 bridgehead atoms. The first kappa shape index (κ1) is 28.6. The normalized spacial score (nSPS) is 15.9. The summed E-state index contributed by atoms with van der Waals surface area (Å²) in [7, 11) is 0. The molecule has 198 valence electrons. The molecule has 2 atom stereocenters. The van der Waals surface area contributed by atoms with Crippen molar-refractivity contribution >= 4 is 52.5 Å². The van der Waals surface area contributed by atoms with Gasteiger partial charge in [-0.1, -0.05) is 12.1 Å². The number of aldehydes is 1. The lowest BCUT2D eigenvalue weighted by molar-refractivity contribution is -0.192. The van der Waals surface area contributed by atoms with Crippen molar-refractivity contribution in [2.24, 2.45) is 5.73 Å². The lowest BCUT2D eigenvalue weighted by atomic mass is 10.1. The van der Waals surface area contributed by atoms with E-state index in [-0.39, 0.29) is 11.9 Å². The molecule has 2 unspecified atom stereocenters. The number of carboxylic acids is 1. The minimum Gasteiger partial charge on any atom is -0.481 e. The van der Waals surface area contributed by atoms with Gasteiger partial charge in [0.2, 0.25) is 0 Å². The molecule has 1 fully saturated rings. The fourth-order valence-corrected chi connectivity index (χ4v) is 6.13. The van der Waals surface area contributed by atoms with Crippen LogP contribution in [0.2, 0.25) is 0 Å². The molecule has 0 spiro atoms. The Hall–Kier alpha value is -2.94. The highest BCUT2D eigenvalue weighted by Gasteiger charge is 2.38. The van der Waals surface area contributed by atoms with Gasteiger partial charge in [0.05, 0.1) is 20.8 Å². The Morgan fingerprint density at radius 2 is 2.14 bits per heavy atom. The van der Waals surface area contributed by atoms with Crippen LogP contribution in [0, 0.1) is 5.41 Å². The van der Waals surface area contributed by atoms with E-state index >= 15 is 0 Å². The van der Waals surface area contributed by atoms with Crippen molar-refractivity contribution in [2.45, 2.75) is 35.4 Å². The Kier molecular flexibility index (Phi) is 9.70. The number of thiazole rings is 1. The molecule has 3 heterocycles. The van der Waals surface area contributed by atoms with Crippen LogP contribution in [0.4, 0.5) is 13.2 Å². The summed E-state index contributed by atoms with van der Waals surface area (Å²) < 4.78 is 38.8. The summed E-state index contributed by atoms with van der Waals surface area (Å²) in [6, 6.07) is 9.69. The molecule has 1 saturated heterocycles. The standard InChI is InChI=1S/C21H22N4O2S3.C2HF3O2/c1-28-21-14(9-18(30-21)19(22)23)20-25-16(11-29-20)12-4-2-5-13(8-12)27-17(10-26)15-6-3-7-24-15;3-2(4,5)1(6)7/h2,4-5,8-11,15,17,24H,3,6-7H2,1H3,(H3,22,23);(H,6,7). The molecule has 1 aliphatic rings. The average Bonchev–Trinajstić information content (AvgIpc) is 3.62. The van der Waals surface area contributed by atoms with E-state index < -0.39 is 18.2 Å². The van der Waals surface area contributed by atoms with Crippen LogP contribution in [0.5, 0.6) is 5.75 Å². The fourth-order valence-electron chi connectivity index (χ4n) is 3.42. The number of hydrogen-bond acceptors (Lipinski definition) is 9. The minimum absolute atomic E-state index is 0.0658. The third-order valence-electron chi connectivity index (χ3n) is 5.16. The number of thioether (sulfide) groups is 1. The number of aliphatic carboxylic acids is 1. The van der Waals surface area contributed by atoms with Crippen molar-refractivity contribution in [3.05, 3.63) is 40.6 Å². The zero-order valence-electron chi connectivity index (χ0n) is 19.4. The van der Waals surface area contributed by atoms with E-state index in [4.69, 9.17) is 30.8 Å². The number of rotatable bonds is 8. The molecular weight excluding hydrogens is 549 g/mol. The number of carboxylic acid groups (broad SMARTS) is 1. The van der Waals surface area contributed by atoms with Crippen LogP contribution in [-0.4, -0.2) is 59.3 Å². The molecule has 0 saturated carbocycles. The number of hydrogen-bond donors (Lipinski definition) is 4. The van der Waals surface area contributed by atoms with E-state index in [1.807, 2.05) is 42.0 Å². The first-order valence-electron chi connectivity index (χ1n) is 10.8. The van der Waals surface area contributed by atoms with Gasteiger partial charge in [0.1, 0.15) is 16.6 Å². The summed E-state index contributed by atoms with van der Waals surface area (Å²) in [5, 5.41) is 21.1. The van der Waals surface area contributed by atoms with Crippen LogP contribution < -0.4 is 15.8 Å². The number of aromatic nitrogens is 1. The van der Waals surface area contributed by atoms with Crippen LogP contribution in [0.15, 0.2) is 39.9 Å².